The molecule has 0 spiro atoms. The topological polar surface area (TPSA) is 26.7 Å². The van der Waals surface area contributed by atoms with Gasteiger partial charge in [-0.1, -0.05) is 0 Å². The summed E-state index contributed by atoms with van der Waals surface area (Å²) in [4.78, 5) is 2.06. The number of nitrogens with zero attached hydrogens (tertiary/aromatic N) is 2. The highest BCUT2D eigenvalue weighted by molar-refractivity contribution is 4.96. The summed E-state index contributed by atoms with van der Waals surface area (Å²) in [7, 11) is 2.00. The molecule has 0 aromatic carbocycles. The smallest absolute Gasteiger partial charge is 0.0625 e. The molecule has 1 aliphatic rings. The minimum Gasteiger partial charge on any atom is -0.377 e. The second-order valence-electron chi connectivity index (χ2n) is 2.37. The lowest BCUT2D eigenvalue weighted by atomic mass is 10.4. The highest BCUT2D eigenvalue weighted by Crippen LogP contribution is 2.05. The maximum Gasteiger partial charge on any atom is 0.0625 e. The fourth-order valence-electron chi connectivity index (χ4n) is 0.879. The summed E-state index contributed by atoms with van der Waals surface area (Å²) in [6, 6.07) is 0. The summed E-state index contributed by atoms with van der Waals surface area (Å²) in [5.74, 6) is 0. The van der Waals surface area contributed by atoms with Crippen LogP contribution in [0.25, 0.3) is 0 Å². The second kappa shape index (κ2) is 2.27. The summed E-state index contributed by atoms with van der Waals surface area (Å²) in [6.45, 7) is 3.49. The Kier molecular flexibility index (Phi) is 1.62. The molecule has 0 saturated carbocycles. The molecular weight excluding hydrogens is 116 g/mol. The van der Waals surface area contributed by atoms with Gasteiger partial charge in [0.25, 0.3) is 0 Å². The van der Waals surface area contributed by atoms with Crippen molar-refractivity contribution in [3.05, 3.63) is 11.9 Å². The van der Waals surface area contributed by atoms with Crippen molar-refractivity contribution in [3.63, 3.8) is 0 Å². The first-order valence-corrected chi connectivity index (χ1v) is 3.05. The van der Waals surface area contributed by atoms with Crippen molar-refractivity contribution in [2.75, 3.05) is 20.1 Å². The largest absolute Gasteiger partial charge is 0.377 e. The van der Waals surface area contributed by atoms with Gasteiger partial charge in [-0.15, -0.1) is 0 Å². The molecule has 0 radical (unpaired) electrons. The van der Waals surface area contributed by atoms with Crippen LogP contribution in [-0.2, 0) is 0 Å². The van der Waals surface area contributed by atoms with Crippen molar-refractivity contribution < 1.29 is 5.21 Å². The van der Waals surface area contributed by atoms with Gasteiger partial charge in [0.2, 0.25) is 0 Å². The van der Waals surface area contributed by atoms with Gasteiger partial charge in [-0.25, -0.2) is 0 Å². The van der Waals surface area contributed by atoms with E-state index in [4.69, 9.17) is 5.21 Å². The van der Waals surface area contributed by atoms with E-state index in [2.05, 4.69) is 4.90 Å². The van der Waals surface area contributed by atoms with E-state index in [1.165, 1.54) is 5.06 Å². The molecule has 9 heavy (non-hydrogen) atoms. The molecule has 0 bridgehead atoms. The zero-order chi connectivity index (χ0) is 6.85. The van der Waals surface area contributed by atoms with Crippen LogP contribution in [0.5, 0.6) is 0 Å². The maximum absolute atomic E-state index is 9.03. The summed E-state index contributed by atoms with van der Waals surface area (Å²) >= 11 is 0. The van der Waals surface area contributed by atoms with Gasteiger partial charge < -0.3 is 4.90 Å². The molecule has 52 valence electrons. The van der Waals surface area contributed by atoms with Crippen LogP contribution in [0.2, 0.25) is 0 Å². The van der Waals surface area contributed by atoms with Crippen LogP contribution in [0.3, 0.4) is 0 Å². The average Bonchev–Trinajstić information content (AvgIpc) is 1.80. The van der Waals surface area contributed by atoms with Crippen LogP contribution in [0.4, 0.5) is 0 Å². The van der Waals surface area contributed by atoms with Crippen LogP contribution in [0.15, 0.2) is 11.9 Å². The first-order chi connectivity index (χ1) is 4.20. The SMILES string of the molecule is CC1=CN(C)CCN1O. The van der Waals surface area contributed by atoms with E-state index in [0.29, 0.717) is 6.54 Å². The van der Waals surface area contributed by atoms with Gasteiger partial charge in [0.05, 0.1) is 12.2 Å². The van der Waals surface area contributed by atoms with Crippen LogP contribution in [-0.4, -0.2) is 35.3 Å². The summed E-state index contributed by atoms with van der Waals surface area (Å²) in [6.07, 6.45) is 1.92. The Morgan fingerprint density at radius 2 is 2.22 bits per heavy atom. The van der Waals surface area contributed by atoms with Gasteiger partial charge in [0, 0.05) is 19.8 Å². The van der Waals surface area contributed by atoms with Crippen LogP contribution in [0, 0.1) is 0 Å². The van der Waals surface area contributed by atoms with Crippen molar-refractivity contribution in [1.29, 1.82) is 0 Å². The minimum atomic E-state index is 0.707. The Balaban J connectivity index is 2.61. The lowest BCUT2D eigenvalue weighted by molar-refractivity contribution is -0.0666. The summed E-state index contributed by atoms with van der Waals surface area (Å²) in [5.41, 5.74) is 0.906. The number of allylic oxidation sites excluding steroid dienone is 1. The average molecular weight is 128 g/mol. The highest BCUT2D eigenvalue weighted by atomic mass is 16.5. The molecule has 0 fully saturated rings. The molecular formula is C6H12N2O. The number of likely N-dealkylation sites (N-methyl/N-ethyl adjacent to an activating group) is 1. The van der Waals surface area contributed by atoms with Gasteiger partial charge in [-0.2, -0.15) is 0 Å². The first kappa shape index (κ1) is 6.42. The van der Waals surface area contributed by atoms with Crippen molar-refractivity contribution in [3.8, 4) is 0 Å². The van der Waals surface area contributed by atoms with E-state index in [0.717, 1.165) is 12.2 Å². The molecule has 1 N–H and O–H groups in total. The van der Waals surface area contributed by atoms with E-state index in [1.807, 2.05) is 20.2 Å². The van der Waals surface area contributed by atoms with Crippen molar-refractivity contribution in [2.45, 2.75) is 6.92 Å². The van der Waals surface area contributed by atoms with Gasteiger partial charge in [-0.05, 0) is 6.92 Å². The number of rotatable bonds is 0. The van der Waals surface area contributed by atoms with Gasteiger partial charge in [-0.3, -0.25) is 10.3 Å². The Bertz CT molecular complexity index is 133. The molecule has 0 aromatic heterocycles. The van der Waals surface area contributed by atoms with E-state index in [-0.39, 0.29) is 0 Å². The van der Waals surface area contributed by atoms with Crippen molar-refractivity contribution in [2.24, 2.45) is 0 Å². The van der Waals surface area contributed by atoms with Crippen molar-refractivity contribution >= 4 is 0 Å². The van der Waals surface area contributed by atoms with Crippen LogP contribution >= 0.6 is 0 Å². The zero-order valence-corrected chi connectivity index (χ0v) is 5.83. The number of hydroxylamine groups is 2. The molecule has 1 aliphatic heterocycles. The molecule has 3 nitrogen and oxygen atoms in total. The Labute approximate surface area is 55.1 Å². The number of hydrogen-bond donors (Lipinski definition) is 1. The van der Waals surface area contributed by atoms with Gasteiger partial charge >= 0.3 is 0 Å². The van der Waals surface area contributed by atoms with Gasteiger partial charge in [0.15, 0.2) is 0 Å². The molecule has 0 aliphatic carbocycles. The van der Waals surface area contributed by atoms with E-state index >= 15 is 0 Å². The first-order valence-electron chi connectivity index (χ1n) is 3.05. The fourth-order valence-corrected chi connectivity index (χ4v) is 0.879. The Hall–Kier alpha value is -0.700. The standard InChI is InChI=1S/C6H12N2O/c1-6-5-7(2)3-4-8(6)9/h5,9H,3-4H2,1-2H3. The molecule has 0 amide bonds. The third-order valence-electron chi connectivity index (χ3n) is 1.48. The molecule has 0 aromatic rings. The Morgan fingerprint density at radius 1 is 1.56 bits per heavy atom. The summed E-state index contributed by atoms with van der Waals surface area (Å²) < 4.78 is 0. The van der Waals surface area contributed by atoms with Crippen LogP contribution in [0.1, 0.15) is 6.92 Å². The summed E-state index contributed by atoms with van der Waals surface area (Å²) in [5, 5.41) is 10.3. The third-order valence-corrected chi connectivity index (χ3v) is 1.48. The molecule has 3 heteroatoms. The fraction of sp³-hybridized carbons (Fsp3) is 0.667. The molecule has 0 saturated heterocycles. The predicted molar refractivity (Wildman–Crippen MR) is 34.9 cm³/mol. The normalized spacial score (nSPS) is 20.1. The Morgan fingerprint density at radius 3 is 2.67 bits per heavy atom. The zero-order valence-electron chi connectivity index (χ0n) is 5.83. The molecule has 0 atom stereocenters. The molecule has 1 rings (SSSR count). The lowest BCUT2D eigenvalue weighted by Gasteiger charge is -2.27. The third kappa shape index (κ3) is 1.36. The van der Waals surface area contributed by atoms with E-state index in [1.54, 1.807) is 0 Å². The lowest BCUT2D eigenvalue weighted by Crippen LogP contribution is -2.33. The van der Waals surface area contributed by atoms with Crippen molar-refractivity contribution in [1.82, 2.24) is 9.96 Å². The molecule has 0 unspecified atom stereocenters. The quantitative estimate of drug-likeness (QED) is 0.514. The minimum absolute atomic E-state index is 0.707. The number of hydrogen-bond acceptors (Lipinski definition) is 3. The second-order valence-corrected chi connectivity index (χ2v) is 2.37. The maximum atomic E-state index is 9.03. The van der Waals surface area contributed by atoms with Gasteiger partial charge in [0.1, 0.15) is 0 Å². The van der Waals surface area contributed by atoms with E-state index in [9.17, 15) is 0 Å². The monoisotopic (exact) mass is 128 g/mol. The predicted octanol–water partition coefficient (Wildman–Crippen LogP) is 0.484. The van der Waals surface area contributed by atoms with E-state index < -0.39 is 0 Å². The van der Waals surface area contributed by atoms with Crippen LogP contribution < -0.4 is 0 Å². The molecule has 1 heterocycles. The highest BCUT2D eigenvalue weighted by Gasteiger charge is 2.08.